The molecule has 1 saturated heterocycles. The summed E-state index contributed by atoms with van der Waals surface area (Å²) in [6, 6.07) is 15.1. The van der Waals surface area contributed by atoms with Crippen molar-refractivity contribution in [1.29, 1.82) is 0 Å². The minimum atomic E-state index is -0.362. The molecular formula is C20H20N2O4. The van der Waals surface area contributed by atoms with E-state index in [9.17, 15) is 9.59 Å². The van der Waals surface area contributed by atoms with Gasteiger partial charge in [-0.15, -0.1) is 0 Å². The lowest BCUT2D eigenvalue weighted by molar-refractivity contribution is -0.129. The molecule has 0 radical (unpaired) electrons. The lowest BCUT2D eigenvalue weighted by Crippen LogP contribution is -2.30. The molecule has 0 aliphatic carbocycles. The summed E-state index contributed by atoms with van der Waals surface area (Å²) in [5.41, 5.74) is 1.71. The van der Waals surface area contributed by atoms with E-state index in [4.69, 9.17) is 9.47 Å². The zero-order chi connectivity index (χ0) is 18.1. The zero-order valence-corrected chi connectivity index (χ0v) is 14.5. The van der Waals surface area contributed by atoms with Crippen molar-refractivity contribution in [2.24, 2.45) is 5.92 Å². The third-order valence-corrected chi connectivity index (χ3v) is 4.92. The van der Waals surface area contributed by atoms with Crippen molar-refractivity contribution in [1.82, 2.24) is 4.90 Å². The van der Waals surface area contributed by atoms with Gasteiger partial charge < -0.3 is 19.7 Å². The fourth-order valence-corrected chi connectivity index (χ4v) is 3.41. The predicted molar refractivity (Wildman–Crippen MR) is 95.9 cm³/mol. The Bertz CT molecular complexity index is 837. The number of likely N-dealkylation sites (tertiary alicyclic amines) is 1. The molecule has 4 rings (SSSR count). The first-order valence-electron chi connectivity index (χ1n) is 8.67. The third-order valence-electron chi connectivity index (χ3n) is 4.92. The highest BCUT2D eigenvalue weighted by Crippen LogP contribution is 2.35. The van der Waals surface area contributed by atoms with Crippen molar-refractivity contribution in [3.63, 3.8) is 0 Å². The van der Waals surface area contributed by atoms with Crippen LogP contribution in [0, 0.1) is 5.92 Å². The van der Waals surface area contributed by atoms with Gasteiger partial charge in [0, 0.05) is 24.7 Å². The SMILES string of the molecule is C[C@H](c1ccccc1)N1C[C@@H](C(=O)Nc2ccc3c(c2)OCO3)CC1=O. The number of anilines is 1. The first kappa shape index (κ1) is 16.4. The number of carbonyl (C=O) groups is 2. The van der Waals surface area contributed by atoms with Crippen LogP contribution in [0.4, 0.5) is 5.69 Å². The molecule has 26 heavy (non-hydrogen) atoms. The number of ether oxygens (including phenoxy) is 2. The number of rotatable bonds is 4. The maximum absolute atomic E-state index is 12.6. The molecule has 2 aromatic carbocycles. The first-order chi connectivity index (χ1) is 12.6. The molecule has 0 bridgehead atoms. The Labute approximate surface area is 151 Å². The van der Waals surface area contributed by atoms with Crippen LogP contribution in [0.1, 0.15) is 24.9 Å². The molecule has 6 heteroatoms. The lowest BCUT2D eigenvalue weighted by atomic mass is 10.1. The molecule has 6 nitrogen and oxygen atoms in total. The van der Waals surface area contributed by atoms with Gasteiger partial charge in [-0.1, -0.05) is 30.3 Å². The summed E-state index contributed by atoms with van der Waals surface area (Å²) in [4.78, 5) is 26.8. The van der Waals surface area contributed by atoms with Gasteiger partial charge in [0.25, 0.3) is 0 Å². The predicted octanol–water partition coefficient (Wildman–Crippen LogP) is 2.96. The van der Waals surface area contributed by atoms with Crippen LogP contribution >= 0.6 is 0 Å². The Hall–Kier alpha value is -3.02. The molecule has 1 fully saturated rings. The van der Waals surface area contributed by atoms with E-state index in [1.807, 2.05) is 37.3 Å². The van der Waals surface area contributed by atoms with Crippen LogP contribution < -0.4 is 14.8 Å². The van der Waals surface area contributed by atoms with Gasteiger partial charge >= 0.3 is 0 Å². The Morgan fingerprint density at radius 1 is 1.15 bits per heavy atom. The van der Waals surface area contributed by atoms with Crippen molar-refractivity contribution >= 4 is 17.5 Å². The fourth-order valence-electron chi connectivity index (χ4n) is 3.41. The maximum atomic E-state index is 12.6. The van der Waals surface area contributed by atoms with Crippen molar-refractivity contribution in [2.75, 3.05) is 18.7 Å². The second kappa shape index (κ2) is 6.71. The smallest absolute Gasteiger partial charge is 0.231 e. The van der Waals surface area contributed by atoms with E-state index < -0.39 is 0 Å². The molecule has 0 saturated carbocycles. The van der Waals surface area contributed by atoms with Crippen molar-refractivity contribution in [3.8, 4) is 11.5 Å². The Morgan fingerprint density at radius 2 is 1.92 bits per heavy atom. The summed E-state index contributed by atoms with van der Waals surface area (Å²) in [5.74, 6) is 0.776. The third kappa shape index (κ3) is 3.10. The van der Waals surface area contributed by atoms with Gasteiger partial charge in [0.15, 0.2) is 11.5 Å². The van der Waals surface area contributed by atoms with Gasteiger partial charge in [-0.05, 0) is 24.6 Å². The average Bonchev–Trinajstić information content (AvgIpc) is 3.28. The molecule has 0 spiro atoms. The molecule has 134 valence electrons. The summed E-state index contributed by atoms with van der Waals surface area (Å²) < 4.78 is 10.6. The highest BCUT2D eigenvalue weighted by atomic mass is 16.7. The molecule has 1 N–H and O–H groups in total. The van der Waals surface area contributed by atoms with Gasteiger partial charge in [0.2, 0.25) is 18.6 Å². The zero-order valence-electron chi connectivity index (χ0n) is 14.5. The van der Waals surface area contributed by atoms with E-state index in [1.165, 1.54) is 0 Å². The molecule has 2 aliphatic heterocycles. The largest absolute Gasteiger partial charge is 0.454 e. The Morgan fingerprint density at radius 3 is 2.73 bits per heavy atom. The minimum Gasteiger partial charge on any atom is -0.454 e. The number of nitrogens with zero attached hydrogens (tertiary/aromatic N) is 1. The summed E-state index contributed by atoms with van der Waals surface area (Å²) in [6.45, 7) is 2.60. The van der Waals surface area contributed by atoms with Crippen molar-refractivity contribution < 1.29 is 19.1 Å². The van der Waals surface area contributed by atoms with Crippen LogP contribution in [0.3, 0.4) is 0 Å². The van der Waals surface area contributed by atoms with Crippen molar-refractivity contribution in [2.45, 2.75) is 19.4 Å². The Balaban J connectivity index is 1.42. The van der Waals surface area contributed by atoms with E-state index in [1.54, 1.807) is 23.1 Å². The van der Waals surface area contributed by atoms with E-state index in [2.05, 4.69) is 5.32 Å². The molecule has 2 aliphatic rings. The van der Waals surface area contributed by atoms with Gasteiger partial charge in [0.1, 0.15) is 0 Å². The van der Waals surface area contributed by atoms with E-state index in [0.29, 0.717) is 23.7 Å². The van der Waals surface area contributed by atoms with Crippen LogP contribution in [-0.4, -0.2) is 30.1 Å². The van der Waals surface area contributed by atoms with Gasteiger partial charge in [-0.3, -0.25) is 9.59 Å². The average molecular weight is 352 g/mol. The molecule has 0 aromatic heterocycles. The second-order valence-corrected chi connectivity index (χ2v) is 6.59. The molecular weight excluding hydrogens is 332 g/mol. The molecule has 2 aromatic rings. The van der Waals surface area contributed by atoms with Crippen LogP contribution in [0.25, 0.3) is 0 Å². The van der Waals surface area contributed by atoms with Crippen LogP contribution in [0.5, 0.6) is 11.5 Å². The second-order valence-electron chi connectivity index (χ2n) is 6.59. The topological polar surface area (TPSA) is 67.9 Å². The molecule has 2 atom stereocenters. The minimum absolute atomic E-state index is 0.00666. The lowest BCUT2D eigenvalue weighted by Gasteiger charge is -2.25. The number of hydrogen-bond donors (Lipinski definition) is 1. The van der Waals surface area contributed by atoms with Crippen LogP contribution in [0.2, 0.25) is 0 Å². The van der Waals surface area contributed by atoms with Gasteiger partial charge in [-0.2, -0.15) is 0 Å². The van der Waals surface area contributed by atoms with E-state index >= 15 is 0 Å². The molecule has 0 unspecified atom stereocenters. The van der Waals surface area contributed by atoms with Crippen molar-refractivity contribution in [3.05, 3.63) is 54.1 Å². The van der Waals surface area contributed by atoms with Crippen LogP contribution in [0.15, 0.2) is 48.5 Å². The number of carbonyl (C=O) groups excluding carboxylic acids is 2. The highest BCUT2D eigenvalue weighted by molar-refractivity contribution is 5.97. The summed E-state index contributed by atoms with van der Waals surface area (Å²) >= 11 is 0. The fraction of sp³-hybridized carbons (Fsp3) is 0.300. The van der Waals surface area contributed by atoms with E-state index in [0.717, 1.165) is 5.56 Å². The number of hydrogen-bond acceptors (Lipinski definition) is 4. The maximum Gasteiger partial charge on any atom is 0.231 e. The van der Waals surface area contributed by atoms with Gasteiger partial charge in [-0.25, -0.2) is 0 Å². The summed E-state index contributed by atoms with van der Waals surface area (Å²) in [6.07, 6.45) is 0.230. The normalized spacial score (nSPS) is 19.5. The van der Waals surface area contributed by atoms with E-state index in [-0.39, 0.29) is 37.0 Å². The van der Waals surface area contributed by atoms with Crippen LogP contribution in [-0.2, 0) is 9.59 Å². The Kier molecular flexibility index (Phi) is 4.24. The number of benzene rings is 2. The monoisotopic (exact) mass is 352 g/mol. The standard InChI is InChI=1S/C20H20N2O4/c1-13(14-5-3-2-4-6-14)22-11-15(9-19(22)23)20(24)21-16-7-8-17-18(10-16)26-12-25-17/h2-8,10,13,15H,9,11-12H2,1H3,(H,21,24)/t13-,15+/m1/s1. The summed E-state index contributed by atoms with van der Waals surface area (Å²) in [5, 5.41) is 2.88. The number of nitrogens with one attached hydrogen (secondary N) is 1. The van der Waals surface area contributed by atoms with Gasteiger partial charge in [0.05, 0.1) is 12.0 Å². The molecule has 2 heterocycles. The number of fused-ring (bicyclic) bond motifs is 1. The summed E-state index contributed by atoms with van der Waals surface area (Å²) in [7, 11) is 0. The molecule has 2 amide bonds. The number of amides is 2. The quantitative estimate of drug-likeness (QED) is 0.919. The first-order valence-corrected chi connectivity index (χ1v) is 8.67. The highest BCUT2D eigenvalue weighted by Gasteiger charge is 2.37.